The molecule has 0 radical (unpaired) electrons. The van der Waals surface area contributed by atoms with Crippen LogP contribution in [0.5, 0.6) is 5.75 Å². The van der Waals surface area contributed by atoms with Gasteiger partial charge in [-0.05, 0) is 53.7 Å². The molecule has 0 unspecified atom stereocenters. The number of aryl methyl sites for hydroxylation is 2. The van der Waals surface area contributed by atoms with E-state index in [0.717, 1.165) is 0 Å². The molecule has 0 bridgehead atoms. The zero-order valence-corrected chi connectivity index (χ0v) is 18.1. The summed E-state index contributed by atoms with van der Waals surface area (Å²) in [5.74, 6) is 0.656. The number of amides is 2. The molecule has 2 amide bonds. The molecule has 2 heterocycles. The molecule has 2 aromatic heterocycles. The Morgan fingerprint density at radius 2 is 1.94 bits per heavy atom. The summed E-state index contributed by atoms with van der Waals surface area (Å²) in [4.78, 5) is 29.0. The minimum atomic E-state index is -0.325. The summed E-state index contributed by atoms with van der Waals surface area (Å²) >= 11 is 0. The van der Waals surface area contributed by atoms with Crippen molar-refractivity contribution in [2.24, 2.45) is 0 Å². The normalized spacial score (nSPS) is 10.6. The molecule has 11 nitrogen and oxygen atoms in total. The maximum absolute atomic E-state index is 12.8. The number of tetrazole rings is 1. The van der Waals surface area contributed by atoms with Crippen LogP contribution in [0.4, 0.5) is 11.4 Å². The number of nitrogens with zero attached hydrogens (tertiary/aromatic N) is 6. The third-order valence-electron chi connectivity index (χ3n) is 4.86. The van der Waals surface area contributed by atoms with Crippen molar-refractivity contribution in [3.8, 4) is 11.4 Å². The van der Waals surface area contributed by atoms with Crippen molar-refractivity contribution in [1.82, 2.24) is 29.8 Å². The van der Waals surface area contributed by atoms with Crippen molar-refractivity contribution in [2.45, 2.75) is 19.9 Å². The summed E-state index contributed by atoms with van der Waals surface area (Å²) in [6, 6.07) is 11.9. The number of rotatable bonds is 8. The predicted octanol–water partition coefficient (Wildman–Crippen LogP) is 2.46. The summed E-state index contributed by atoms with van der Waals surface area (Å²) < 4.78 is 8.74. The molecule has 4 rings (SSSR count). The third-order valence-corrected chi connectivity index (χ3v) is 4.86. The second kappa shape index (κ2) is 9.73. The molecule has 0 atom stereocenters. The lowest BCUT2D eigenvalue weighted by Crippen LogP contribution is -2.16. The molecule has 0 aliphatic heterocycles. The Morgan fingerprint density at radius 3 is 2.67 bits per heavy atom. The monoisotopic (exact) mass is 446 g/mol. The number of hydrogen-bond donors (Lipinski definition) is 2. The van der Waals surface area contributed by atoms with Gasteiger partial charge in [-0.25, -0.2) is 4.98 Å². The van der Waals surface area contributed by atoms with Crippen LogP contribution < -0.4 is 15.4 Å². The van der Waals surface area contributed by atoms with Gasteiger partial charge in [0.15, 0.2) is 5.82 Å². The van der Waals surface area contributed by atoms with Crippen molar-refractivity contribution in [3.63, 3.8) is 0 Å². The minimum Gasteiger partial charge on any atom is -0.494 e. The number of carbonyl (C=O) groups excluding carboxylic acids is 2. The van der Waals surface area contributed by atoms with Crippen LogP contribution >= 0.6 is 0 Å². The molecule has 2 aromatic carbocycles. The quantitative estimate of drug-likeness (QED) is 0.425. The van der Waals surface area contributed by atoms with E-state index in [4.69, 9.17) is 4.74 Å². The Bertz CT molecular complexity index is 1270. The first-order chi connectivity index (χ1) is 16.0. The summed E-state index contributed by atoms with van der Waals surface area (Å²) in [6.07, 6.45) is 5.40. The van der Waals surface area contributed by atoms with Gasteiger partial charge in [-0.15, -0.1) is 5.10 Å². The van der Waals surface area contributed by atoms with Crippen LogP contribution in [-0.4, -0.2) is 48.7 Å². The zero-order valence-electron chi connectivity index (χ0n) is 18.1. The smallest absolute Gasteiger partial charge is 0.255 e. The molecule has 4 aromatic rings. The van der Waals surface area contributed by atoms with Crippen LogP contribution in [-0.2, 0) is 11.3 Å². The zero-order chi connectivity index (χ0) is 23.2. The maximum atomic E-state index is 12.8. The van der Waals surface area contributed by atoms with E-state index in [2.05, 4.69) is 31.1 Å². The number of ether oxygens (including phenoxy) is 1. The van der Waals surface area contributed by atoms with Crippen LogP contribution in [0, 0.1) is 6.92 Å². The van der Waals surface area contributed by atoms with Gasteiger partial charge in [-0.1, -0.05) is 6.07 Å². The molecule has 2 N–H and O–H groups in total. The fraction of sp³-hybridized carbons (Fsp3) is 0.182. The predicted molar refractivity (Wildman–Crippen MR) is 120 cm³/mol. The molecule has 11 heteroatoms. The molecule has 0 spiro atoms. The summed E-state index contributed by atoms with van der Waals surface area (Å²) in [7, 11) is 1.55. The SMILES string of the molecule is COc1ccc(NC(=O)c2cccc(NC(=O)CCn3ccnc3)c2)cc1-n1nnnc1C. The summed E-state index contributed by atoms with van der Waals surface area (Å²) in [5.41, 5.74) is 2.08. The average molecular weight is 446 g/mol. The molecule has 0 fully saturated rings. The lowest BCUT2D eigenvalue weighted by Gasteiger charge is -2.12. The first-order valence-electron chi connectivity index (χ1n) is 10.1. The number of aromatic nitrogens is 6. The lowest BCUT2D eigenvalue weighted by atomic mass is 10.1. The molecule has 168 valence electrons. The summed E-state index contributed by atoms with van der Waals surface area (Å²) in [5, 5.41) is 17.2. The highest BCUT2D eigenvalue weighted by Gasteiger charge is 2.14. The average Bonchev–Trinajstić information content (AvgIpc) is 3.49. The van der Waals surface area contributed by atoms with E-state index in [-0.39, 0.29) is 18.2 Å². The van der Waals surface area contributed by atoms with Gasteiger partial charge in [0.2, 0.25) is 5.91 Å². The molecule has 0 aliphatic rings. The molecule has 33 heavy (non-hydrogen) atoms. The van der Waals surface area contributed by atoms with Gasteiger partial charge >= 0.3 is 0 Å². The maximum Gasteiger partial charge on any atom is 0.255 e. The van der Waals surface area contributed by atoms with Crippen LogP contribution in [0.3, 0.4) is 0 Å². The van der Waals surface area contributed by atoms with E-state index in [1.807, 2.05) is 4.57 Å². The van der Waals surface area contributed by atoms with Crippen LogP contribution in [0.1, 0.15) is 22.6 Å². The highest BCUT2D eigenvalue weighted by atomic mass is 16.5. The fourth-order valence-corrected chi connectivity index (χ4v) is 3.20. The van der Waals surface area contributed by atoms with E-state index < -0.39 is 0 Å². The minimum absolute atomic E-state index is 0.155. The van der Waals surface area contributed by atoms with Gasteiger partial charge in [-0.3, -0.25) is 9.59 Å². The first kappa shape index (κ1) is 21.7. The van der Waals surface area contributed by atoms with Crippen LogP contribution in [0.2, 0.25) is 0 Å². The van der Waals surface area contributed by atoms with E-state index in [9.17, 15) is 9.59 Å². The van der Waals surface area contributed by atoms with Crippen LogP contribution in [0.15, 0.2) is 61.2 Å². The fourth-order valence-electron chi connectivity index (χ4n) is 3.20. The van der Waals surface area contributed by atoms with Gasteiger partial charge in [0.25, 0.3) is 5.91 Å². The second-order valence-electron chi connectivity index (χ2n) is 7.16. The van der Waals surface area contributed by atoms with E-state index >= 15 is 0 Å². The Morgan fingerprint density at radius 1 is 1.09 bits per heavy atom. The van der Waals surface area contributed by atoms with Gasteiger partial charge in [-0.2, -0.15) is 4.68 Å². The van der Waals surface area contributed by atoms with Crippen LogP contribution in [0.25, 0.3) is 5.69 Å². The Balaban J connectivity index is 1.44. The third kappa shape index (κ3) is 5.21. The van der Waals surface area contributed by atoms with Gasteiger partial charge in [0, 0.05) is 42.3 Å². The van der Waals surface area contributed by atoms with E-state index in [1.54, 1.807) is 75.2 Å². The number of anilines is 2. The highest BCUT2D eigenvalue weighted by Crippen LogP contribution is 2.26. The lowest BCUT2D eigenvalue weighted by molar-refractivity contribution is -0.116. The Hall–Kier alpha value is -4.54. The molecule has 0 saturated heterocycles. The number of imidazole rings is 1. The highest BCUT2D eigenvalue weighted by molar-refractivity contribution is 6.05. The Labute approximate surface area is 189 Å². The number of methoxy groups -OCH3 is 1. The topological polar surface area (TPSA) is 129 Å². The van der Waals surface area contributed by atoms with E-state index in [0.29, 0.717) is 40.7 Å². The van der Waals surface area contributed by atoms with Crippen molar-refractivity contribution in [1.29, 1.82) is 0 Å². The second-order valence-corrected chi connectivity index (χ2v) is 7.16. The van der Waals surface area contributed by atoms with Gasteiger partial charge in [0.05, 0.1) is 13.4 Å². The van der Waals surface area contributed by atoms with Crippen molar-refractivity contribution >= 4 is 23.2 Å². The number of nitrogens with one attached hydrogen (secondary N) is 2. The van der Waals surface area contributed by atoms with E-state index in [1.165, 1.54) is 4.68 Å². The first-order valence-corrected chi connectivity index (χ1v) is 10.1. The molecule has 0 aliphatic carbocycles. The van der Waals surface area contributed by atoms with Crippen molar-refractivity contribution < 1.29 is 14.3 Å². The standard InChI is InChI=1S/C22H22N8O3/c1-15-26-27-28-30(15)19-13-18(6-7-20(19)33-2)25-22(32)16-4-3-5-17(12-16)24-21(31)8-10-29-11-9-23-14-29/h3-7,9,11-14H,8,10H2,1-2H3,(H,24,31)(H,25,32). The molecular formula is C22H22N8O3. The number of carbonyl (C=O) groups is 2. The number of hydrogen-bond acceptors (Lipinski definition) is 7. The molecular weight excluding hydrogens is 424 g/mol. The Kier molecular flexibility index (Phi) is 6.39. The largest absolute Gasteiger partial charge is 0.494 e. The van der Waals surface area contributed by atoms with Gasteiger partial charge < -0.3 is 19.9 Å². The number of benzene rings is 2. The summed E-state index contributed by atoms with van der Waals surface area (Å²) in [6.45, 7) is 2.28. The van der Waals surface area contributed by atoms with Crippen molar-refractivity contribution in [3.05, 3.63) is 72.6 Å². The van der Waals surface area contributed by atoms with Gasteiger partial charge in [0.1, 0.15) is 11.4 Å². The van der Waals surface area contributed by atoms with Crippen molar-refractivity contribution in [2.75, 3.05) is 17.7 Å². The molecule has 0 saturated carbocycles.